The second-order valence-corrected chi connectivity index (χ2v) is 8.11. The van der Waals surface area contributed by atoms with Gasteiger partial charge in [-0.15, -0.1) is 11.3 Å². The molecule has 1 aliphatic carbocycles. The van der Waals surface area contributed by atoms with Crippen LogP contribution in [0.2, 0.25) is 0 Å². The molecule has 2 nitrogen and oxygen atoms in total. The van der Waals surface area contributed by atoms with Crippen LogP contribution >= 0.6 is 11.3 Å². The molecule has 2 fully saturated rings. The lowest BCUT2D eigenvalue weighted by molar-refractivity contribution is 0.0127. The molecule has 0 unspecified atom stereocenters. The van der Waals surface area contributed by atoms with Crippen molar-refractivity contribution in [2.75, 3.05) is 33.2 Å². The van der Waals surface area contributed by atoms with Gasteiger partial charge in [0.2, 0.25) is 0 Å². The first-order valence-electron chi connectivity index (χ1n) is 8.71. The smallest absolute Gasteiger partial charge is 0.0555 e. The van der Waals surface area contributed by atoms with Gasteiger partial charge in [0.25, 0.3) is 0 Å². The van der Waals surface area contributed by atoms with Crippen LogP contribution < -0.4 is 0 Å². The molecule has 0 bridgehead atoms. The molecule has 2 aromatic rings. The molecule has 118 valence electrons. The van der Waals surface area contributed by atoms with Gasteiger partial charge in [-0.25, -0.2) is 0 Å². The van der Waals surface area contributed by atoms with Gasteiger partial charge in [0.05, 0.1) is 5.54 Å². The predicted octanol–water partition coefficient (Wildman–Crippen LogP) is 4.31. The lowest BCUT2D eigenvalue weighted by atomic mass is 9.78. The molecule has 1 saturated heterocycles. The Morgan fingerprint density at radius 1 is 0.955 bits per heavy atom. The fourth-order valence-electron chi connectivity index (χ4n) is 4.30. The molecule has 0 radical (unpaired) electrons. The summed E-state index contributed by atoms with van der Waals surface area (Å²) in [6.45, 7) is 4.88. The lowest BCUT2D eigenvalue weighted by Gasteiger charge is -2.49. The van der Waals surface area contributed by atoms with Gasteiger partial charge >= 0.3 is 0 Å². The summed E-state index contributed by atoms with van der Waals surface area (Å²) in [7, 11) is 2.25. The van der Waals surface area contributed by atoms with E-state index in [4.69, 9.17) is 0 Å². The van der Waals surface area contributed by atoms with Crippen LogP contribution in [0.5, 0.6) is 0 Å². The van der Waals surface area contributed by atoms with Crippen LogP contribution in [-0.4, -0.2) is 43.0 Å². The van der Waals surface area contributed by atoms with Crippen LogP contribution in [0.1, 0.15) is 37.0 Å². The van der Waals surface area contributed by atoms with E-state index < -0.39 is 0 Å². The van der Waals surface area contributed by atoms with Crippen LogP contribution in [0.15, 0.2) is 30.3 Å². The summed E-state index contributed by atoms with van der Waals surface area (Å²) in [4.78, 5) is 6.91. The summed E-state index contributed by atoms with van der Waals surface area (Å²) in [6.07, 6.45) is 6.90. The Labute approximate surface area is 137 Å². The highest BCUT2D eigenvalue weighted by Gasteiger charge is 2.41. The zero-order chi connectivity index (χ0) is 15.0. The summed E-state index contributed by atoms with van der Waals surface area (Å²) in [5.74, 6) is 0. The van der Waals surface area contributed by atoms with Gasteiger partial charge in [-0.05, 0) is 37.4 Å². The van der Waals surface area contributed by atoms with Crippen molar-refractivity contribution in [3.63, 3.8) is 0 Å². The van der Waals surface area contributed by atoms with Crippen molar-refractivity contribution in [3.05, 3.63) is 35.2 Å². The maximum absolute atomic E-state index is 2.82. The molecule has 2 aliphatic rings. The number of hydrogen-bond donors (Lipinski definition) is 0. The summed E-state index contributed by atoms with van der Waals surface area (Å²) < 4.78 is 1.46. The van der Waals surface area contributed by atoms with Gasteiger partial charge in [0.1, 0.15) is 0 Å². The third-order valence-corrected chi connectivity index (χ3v) is 6.98. The highest BCUT2D eigenvalue weighted by molar-refractivity contribution is 7.19. The summed E-state index contributed by atoms with van der Waals surface area (Å²) in [6, 6.07) is 11.4. The molecule has 1 aliphatic heterocycles. The van der Waals surface area contributed by atoms with Crippen molar-refractivity contribution in [2.24, 2.45) is 0 Å². The van der Waals surface area contributed by atoms with Gasteiger partial charge in [0.15, 0.2) is 0 Å². The topological polar surface area (TPSA) is 6.48 Å². The van der Waals surface area contributed by atoms with E-state index in [-0.39, 0.29) is 0 Å². The van der Waals surface area contributed by atoms with E-state index in [2.05, 4.69) is 47.2 Å². The predicted molar refractivity (Wildman–Crippen MR) is 95.7 cm³/mol. The maximum Gasteiger partial charge on any atom is 0.0555 e. The Morgan fingerprint density at radius 3 is 2.41 bits per heavy atom. The van der Waals surface area contributed by atoms with E-state index >= 15 is 0 Å². The van der Waals surface area contributed by atoms with Gasteiger partial charge in [-0.1, -0.05) is 37.5 Å². The molecular formula is C19H26N2S. The number of hydrogen-bond acceptors (Lipinski definition) is 3. The third kappa shape index (κ3) is 2.49. The average molecular weight is 314 g/mol. The average Bonchev–Trinajstić information content (AvgIpc) is 3.01. The van der Waals surface area contributed by atoms with E-state index in [1.54, 1.807) is 4.88 Å². The van der Waals surface area contributed by atoms with Crippen molar-refractivity contribution in [1.29, 1.82) is 0 Å². The van der Waals surface area contributed by atoms with Crippen molar-refractivity contribution in [3.8, 4) is 0 Å². The van der Waals surface area contributed by atoms with Gasteiger partial charge in [0, 0.05) is 35.8 Å². The number of piperazine rings is 1. The van der Waals surface area contributed by atoms with Gasteiger partial charge < -0.3 is 4.90 Å². The van der Waals surface area contributed by atoms with Gasteiger partial charge in [-0.3, -0.25) is 4.90 Å². The van der Waals surface area contributed by atoms with E-state index in [0.717, 1.165) is 0 Å². The molecule has 0 N–H and O–H groups in total. The molecule has 1 aromatic heterocycles. The van der Waals surface area contributed by atoms with Crippen molar-refractivity contribution < 1.29 is 0 Å². The van der Waals surface area contributed by atoms with Crippen LogP contribution in [0.4, 0.5) is 0 Å². The fraction of sp³-hybridized carbons (Fsp3) is 0.579. The second kappa shape index (κ2) is 5.95. The van der Waals surface area contributed by atoms with Crippen molar-refractivity contribution in [2.45, 2.75) is 37.6 Å². The highest BCUT2D eigenvalue weighted by atomic mass is 32.1. The first-order chi connectivity index (χ1) is 10.8. The SMILES string of the molecule is CN1CCN(C2(c3cc4ccccc4s3)CCCCC2)CC1. The Bertz CT molecular complexity index is 601. The molecule has 0 spiro atoms. The van der Waals surface area contributed by atoms with E-state index in [1.807, 2.05) is 11.3 Å². The Balaban J connectivity index is 1.73. The second-order valence-electron chi connectivity index (χ2n) is 7.03. The zero-order valence-electron chi connectivity index (χ0n) is 13.6. The number of likely N-dealkylation sites (N-methyl/N-ethyl adjacent to an activating group) is 1. The number of nitrogens with zero attached hydrogens (tertiary/aromatic N) is 2. The van der Waals surface area contributed by atoms with Crippen LogP contribution in [0.3, 0.4) is 0 Å². The minimum atomic E-state index is 0.323. The van der Waals surface area contributed by atoms with Crippen LogP contribution in [0, 0.1) is 0 Å². The quantitative estimate of drug-likeness (QED) is 0.815. The maximum atomic E-state index is 2.82. The molecule has 1 aromatic carbocycles. The summed E-state index contributed by atoms with van der Waals surface area (Å²) in [5, 5.41) is 1.43. The van der Waals surface area contributed by atoms with E-state index in [9.17, 15) is 0 Å². The first-order valence-corrected chi connectivity index (χ1v) is 9.52. The molecule has 0 amide bonds. The molecule has 22 heavy (non-hydrogen) atoms. The van der Waals surface area contributed by atoms with E-state index in [1.165, 1.54) is 68.4 Å². The highest BCUT2D eigenvalue weighted by Crippen LogP contribution is 2.46. The Kier molecular flexibility index (Phi) is 3.97. The first kappa shape index (κ1) is 14.7. The normalized spacial score (nSPS) is 23.9. The number of fused-ring (bicyclic) bond motifs is 1. The standard InChI is InChI=1S/C19H26N2S/c1-20-11-13-21(14-12-20)19(9-5-2-6-10-19)18-15-16-7-3-4-8-17(16)22-18/h3-4,7-8,15H,2,5-6,9-14H2,1H3. The Hall–Kier alpha value is -0.900. The minimum Gasteiger partial charge on any atom is -0.304 e. The van der Waals surface area contributed by atoms with E-state index in [0.29, 0.717) is 5.54 Å². The molecule has 2 heterocycles. The molecule has 0 atom stereocenters. The lowest BCUT2D eigenvalue weighted by Crippen LogP contribution is -2.55. The number of thiophene rings is 1. The zero-order valence-corrected chi connectivity index (χ0v) is 14.4. The molecule has 4 rings (SSSR count). The third-order valence-electron chi connectivity index (χ3n) is 5.67. The van der Waals surface area contributed by atoms with Crippen LogP contribution in [-0.2, 0) is 5.54 Å². The fourth-order valence-corrected chi connectivity index (χ4v) is 5.64. The number of benzene rings is 1. The summed E-state index contributed by atoms with van der Waals surface area (Å²) >= 11 is 2.04. The minimum absolute atomic E-state index is 0.323. The van der Waals surface area contributed by atoms with Gasteiger partial charge in [-0.2, -0.15) is 0 Å². The van der Waals surface area contributed by atoms with Crippen molar-refractivity contribution >= 4 is 21.4 Å². The Morgan fingerprint density at radius 2 is 1.68 bits per heavy atom. The monoisotopic (exact) mass is 314 g/mol. The number of rotatable bonds is 2. The summed E-state index contributed by atoms with van der Waals surface area (Å²) in [5.41, 5.74) is 0.323. The van der Waals surface area contributed by atoms with Crippen molar-refractivity contribution in [1.82, 2.24) is 9.80 Å². The molecule has 1 saturated carbocycles. The molecule has 3 heteroatoms. The van der Waals surface area contributed by atoms with Crippen LogP contribution in [0.25, 0.3) is 10.1 Å². The molecular weight excluding hydrogens is 288 g/mol. The largest absolute Gasteiger partial charge is 0.304 e.